The van der Waals surface area contributed by atoms with E-state index >= 15 is 0 Å². The first-order valence-corrected chi connectivity index (χ1v) is 8.99. The van der Waals surface area contributed by atoms with Crippen LogP contribution in [0, 0.1) is 6.92 Å². The number of carbonyl (C=O) groups is 1. The van der Waals surface area contributed by atoms with E-state index in [-0.39, 0.29) is 11.9 Å². The minimum atomic E-state index is -0.180. The minimum absolute atomic E-state index is 0.0409. The topological polar surface area (TPSA) is 59.8 Å². The van der Waals surface area contributed by atoms with Gasteiger partial charge in [-0.05, 0) is 49.1 Å². The fourth-order valence-corrected chi connectivity index (χ4v) is 3.71. The van der Waals surface area contributed by atoms with Crippen LogP contribution in [0.1, 0.15) is 39.8 Å². The number of nitrogens with one attached hydrogen (secondary N) is 1. The molecule has 1 aliphatic rings. The first kappa shape index (κ1) is 16.0. The molecule has 1 unspecified atom stereocenters. The van der Waals surface area contributed by atoms with E-state index in [0.717, 1.165) is 28.7 Å². The molecule has 0 bridgehead atoms. The van der Waals surface area contributed by atoms with Gasteiger partial charge < -0.3 is 5.32 Å². The number of hydrogen-bond acceptors (Lipinski definition) is 3. The Bertz CT molecular complexity index is 950. The Morgan fingerprint density at radius 3 is 2.92 bits per heavy atom. The molecule has 1 aliphatic carbocycles. The van der Waals surface area contributed by atoms with Gasteiger partial charge in [0.2, 0.25) is 0 Å². The van der Waals surface area contributed by atoms with Gasteiger partial charge in [0.15, 0.2) is 5.69 Å². The summed E-state index contributed by atoms with van der Waals surface area (Å²) in [5.41, 5.74) is 4.46. The molecule has 3 aromatic rings. The first-order chi connectivity index (χ1) is 12.1. The molecule has 126 valence electrons. The van der Waals surface area contributed by atoms with E-state index in [0.29, 0.717) is 5.69 Å². The summed E-state index contributed by atoms with van der Waals surface area (Å²) in [4.78, 5) is 12.7. The highest BCUT2D eigenvalue weighted by molar-refractivity contribution is 9.10. The highest BCUT2D eigenvalue weighted by atomic mass is 79.9. The van der Waals surface area contributed by atoms with E-state index in [2.05, 4.69) is 43.7 Å². The molecule has 0 saturated carbocycles. The van der Waals surface area contributed by atoms with E-state index in [1.54, 1.807) is 4.68 Å². The summed E-state index contributed by atoms with van der Waals surface area (Å²) in [6.07, 6.45) is 1.91. The molecule has 0 saturated heterocycles. The van der Waals surface area contributed by atoms with Crippen LogP contribution in [0.4, 0.5) is 0 Å². The normalized spacial score (nSPS) is 15.8. The zero-order valence-electron chi connectivity index (χ0n) is 13.7. The Labute approximate surface area is 154 Å². The van der Waals surface area contributed by atoms with Gasteiger partial charge in [0.05, 0.1) is 17.4 Å². The molecule has 2 aromatic carbocycles. The fourth-order valence-electron chi connectivity index (χ4n) is 3.33. The van der Waals surface area contributed by atoms with Crippen molar-refractivity contribution in [1.82, 2.24) is 20.3 Å². The predicted octanol–water partition coefficient (Wildman–Crippen LogP) is 3.76. The van der Waals surface area contributed by atoms with Gasteiger partial charge in [0.25, 0.3) is 5.91 Å². The van der Waals surface area contributed by atoms with Gasteiger partial charge in [-0.15, -0.1) is 5.10 Å². The molecule has 0 radical (unpaired) electrons. The maximum atomic E-state index is 12.7. The van der Waals surface area contributed by atoms with Crippen LogP contribution in [0.3, 0.4) is 0 Å². The molecule has 1 heterocycles. The van der Waals surface area contributed by atoms with Crippen molar-refractivity contribution in [3.05, 3.63) is 75.5 Å². The average Bonchev–Trinajstić information content (AvgIpc) is 3.19. The summed E-state index contributed by atoms with van der Waals surface area (Å²) in [5.74, 6) is -0.180. The third-order valence-electron chi connectivity index (χ3n) is 4.60. The number of amides is 1. The van der Waals surface area contributed by atoms with Crippen LogP contribution in [-0.2, 0) is 6.42 Å². The summed E-state index contributed by atoms with van der Waals surface area (Å²) >= 11 is 3.45. The number of nitrogens with zero attached hydrogens (tertiary/aromatic N) is 3. The monoisotopic (exact) mass is 396 g/mol. The van der Waals surface area contributed by atoms with Gasteiger partial charge in [-0.1, -0.05) is 51.5 Å². The van der Waals surface area contributed by atoms with E-state index in [4.69, 9.17) is 0 Å². The Morgan fingerprint density at radius 1 is 1.24 bits per heavy atom. The first-order valence-electron chi connectivity index (χ1n) is 8.20. The van der Waals surface area contributed by atoms with Crippen molar-refractivity contribution in [1.29, 1.82) is 0 Å². The zero-order valence-corrected chi connectivity index (χ0v) is 15.3. The number of rotatable bonds is 3. The molecule has 6 heteroatoms. The lowest BCUT2D eigenvalue weighted by Gasteiger charge is -2.13. The number of carbonyl (C=O) groups excluding carboxylic acids is 1. The van der Waals surface area contributed by atoms with Crippen LogP contribution in [0.25, 0.3) is 5.69 Å². The molecule has 4 rings (SSSR count). The quantitative estimate of drug-likeness (QED) is 0.732. The van der Waals surface area contributed by atoms with Crippen LogP contribution in [-0.4, -0.2) is 20.9 Å². The van der Waals surface area contributed by atoms with E-state index in [9.17, 15) is 4.79 Å². The molecule has 5 nitrogen and oxygen atoms in total. The Kier molecular flexibility index (Phi) is 4.13. The van der Waals surface area contributed by atoms with Gasteiger partial charge in [-0.25, -0.2) is 4.68 Å². The van der Waals surface area contributed by atoms with E-state index in [1.807, 2.05) is 43.3 Å². The van der Waals surface area contributed by atoms with Crippen LogP contribution >= 0.6 is 15.9 Å². The lowest BCUT2D eigenvalue weighted by Crippen LogP contribution is -2.28. The molecule has 0 fully saturated rings. The number of hydrogen-bond donors (Lipinski definition) is 1. The van der Waals surface area contributed by atoms with Crippen LogP contribution in [0.5, 0.6) is 0 Å². The molecule has 25 heavy (non-hydrogen) atoms. The molecule has 0 aliphatic heterocycles. The third-order valence-corrected chi connectivity index (χ3v) is 5.09. The predicted molar refractivity (Wildman–Crippen MR) is 98.8 cm³/mol. The van der Waals surface area contributed by atoms with Crippen molar-refractivity contribution >= 4 is 21.8 Å². The minimum Gasteiger partial charge on any atom is -0.344 e. The Balaban J connectivity index is 1.58. The molecule has 1 atom stereocenters. The Hall–Kier alpha value is -2.47. The molecule has 1 amide bonds. The van der Waals surface area contributed by atoms with Gasteiger partial charge in [0, 0.05) is 4.47 Å². The number of fused-ring (bicyclic) bond motifs is 1. The molecule has 1 aromatic heterocycles. The largest absolute Gasteiger partial charge is 0.344 e. The van der Waals surface area contributed by atoms with Crippen LogP contribution in [0.15, 0.2) is 53.0 Å². The van der Waals surface area contributed by atoms with Crippen molar-refractivity contribution < 1.29 is 4.79 Å². The summed E-state index contributed by atoms with van der Waals surface area (Å²) in [7, 11) is 0. The van der Waals surface area contributed by atoms with Gasteiger partial charge in [0.1, 0.15) is 0 Å². The molecular formula is C19H17BrN4O. The van der Waals surface area contributed by atoms with Gasteiger partial charge in [-0.3, -0.25) is 4.79 Å². The standard InChI is InChI=1S/C19H17BrN4O/c1-12-18(22-23-24(12)15-7-4-6-14(20)11-15)19(25)21-17-10-9-13-5-2-3-8-16(13)17/h2-8,11,17H,9-10H2,1H3,(H,21,25). The van der Waals surface area contributed by atoms with E-state index in [1.165, 1.54) is 11.1 Å². The van der Waals surface area contributed by atoms with Crippen molar-refractivity contribution in [2.45, 2.75) is 25.8 Å². The second-order valence-corrected chi connectivity index (χ2v) is 7.09. The van der Waals surface area contributed by atoms with Gasteiger partial charge >= 0.3 is 0 Å². The lowest BCUT2D eigenvalue weighted by atomic mass is 10.1. The average molecular weight is 397 g/mol. The maximum absolute atomic E-state index is 12.7. The van der Waals surface area contributed by atoms with Crippen LogP contribution < -0.4 is 5.32 Å². The summed E-state index contributed by atoms with van der Waals surface area (Å²) in [6, 6.07) is 16.0. The summed E-state index contributed by atoms with van der Waals surface area (Å²) in [6.45, 7) is 1.86. The van der Waals surface area contributed by atoms with Gasteiger partial charge in [-0.2, -0.15) is 0 Å². The maximum Gasteiger partial charge on any atom is 0.274 e. The molecule has 0 spiro atoms. The van der Waals surface area contributed by atoms with Crippen LogP contribution in [0.2, 0.25) is 0 Å². The summed E-state index contributed by atoms with van der Waals surface area (Å²) < 4.78 is 2.64. The molecular weight excluding hydrogens is 380 g/mol. The van der Waals surface area contributed by atoms with Crippen molar-refractivity contribution in [3.8, 4) is 5.69 Å². The number of aryl methyl sites for hydroxylation is 1. The SMILES string of the molecule is Cc1c(C(=O)NC2CCc3ccccc32)nnn1-c1cccc(Br)c1. The number of halogens is 1. The smallest absolute Gasteiger partial charge is 0.274 e. The van der Waals surface area contributed by atoms with E-state index < -0.39 is 0 Å². The second-order valence-electron chi connectivity index (χ2n) is 6.18. The van der Waals surface area contributed by atoms with Crippen molar-refractivity contribution in [3.63, 3.8) is 0 Å². The second kappa shape index (κ2) is 6.44. The fraction of sp³-hybridized carbons (Fsp3) is 0.211. The number of benzene rings is 2. The zero-order chi connectivity index (χ0) is 17.4. The third kappa shape index (κ3) is 2.98. The summed E-state index contributed by atoms with van der Waals surface area (Å²) in [5, 5.41) is 11.4. The molecule has 1 N–H and O–H groups in total. The highest BCUT2D eigenvalue weighted by Gasteiger charge is 2.26. The highest BCUT2D eigenvalue weighted by Crippen LogP contribution is 2.31. The van der Waals surface area contributed by atoms with Crippen molar-refractivity contribution in [2.24, 2.45) is 0 Å². The number of aromatic nitrogens is 3. The van der Waals surface area contributed by atoms with Crippen molar-refractivity contribution in [2.75, 3.05) is 0 Å². The lowest BCUT2D eigenvalue weighted by molar-refractivity contribution is 0.0931. The Morgan fingerprint density at radius 2 is 2.08 bits per heavy atom.